The van der Waals surface area contributed by atoms with Crippen LogP contribution in [0.25, 0.3) is 0 Å². The fourth-order valence-corrected chi connectivity index (χ4v) is 5.50. The SMILES string of the molecule is Cl.Nc1c(Cl)cc(CC2CCNC(CCC3CCCCC3)C2)c2c1OC(C(=O)O)CO2. The molecule has 2 heterocycles. The molecule has 1 saturated carbocycles. The van der Waals surface area contributed by atoms with E-state index in [0.717, 1.165) is 37.3 Å². The number of hydrogen-bond acceptors (Lipinski definition) is 5. The number of aliphatic carboxylic acids is 1. The van der Waals surface area contributed by atoms with Crippen LogP contribution in [0.1, 0.15) is 63.4 Å². The Labute approximate surface area is 195 Å². The highest BCUT2D eigenvalue weighted by Crippen LogP contribution is 2.45. The number of carbonyl (C=O) groups is 1. The zero-order valence-electron chi connectivity index (χ0n) is 17.9. The van der Waals surface area contributed by atoms with Gasteiger partial charge in [-0.3, -0.25) is 0 Å². The van der Waals surface area contributed by atoms with E-state index < -0.39 is 12.1 Å². The number of nitrogen functional groups attached to an aromatic ring is 1. The first-order valence-corrected chi connectivity index (χ1v) is 11.8. The van der Waals surface area contributed by atoms with Gasteiger partial charge in [0.15, 0.2) is 11.5 Å². The average Bonchev–Trinajstić information content (AvgIpc) is 2.76. The molecule has 4 rings (SSSR count). The number of ether oxygens (including phenoxy) is 2. The molecule has 2 aliphatic heterocycles. The highest BCUT2D eigenvalue weighted by Gasteiger charge is 2.32. The molecule has 31 heavy (non-hydrogen) atoms. The number of rotatable bonds is 6. The number of nitrogens with two attached hydrogens (primary N) is 1. The Balaban J connectivity index is 0.00000272. The molecule has 1 saturated heterocycles. The molecule has 0 aromatic heterocycles. The minimum Gasteiger partial charge on any atom is -0.485 e. The number of piperidine rings is 1. The molecular weight excluding hydrogens is 439 g/mol. The molecule has 0 spiro atoms. The van der Waals surface area contributed by atoms with Crippen molar-refractivity contribution in [2.75, 3.05) is 18.9 Å². The smallest absolute Gasteiger partial charge is 0.348 e. The Morgan fingerprint density at radius 1 is 1.16 bits per heavy atom. The molecule has 0 bridgehead atoms. The van der Waals surface area contributed by atoms with Crippen molar-refractivity contribution in [3.63, 3.8) is 0 Å². The van der Waals surface area contributed by atoms with Crippen molar-refractivity contribution in [3.8, 4) is 11.5 Å². The van der Waals surface area contributed by atoms with Crippen LogP contribution in [0.15, 0.2) is 6.07 Å². The van der Waals surface area contributed by atoms with E-state index >= 15 is 0 Å². The summed E-state index contributed by atoms with van der Waals surface area (Å²) < 4.78 is 11.4. The number of nitrogens with one attached hydrogen (secondary N) is 1. The van der Waals surface area contributed by atoms with Crippen LogP contribution in [0.5, 0.6) is 11.5 Å². The third-order valence-electron chi connectivity index (χ3n) is 6.98. The molecule has 6 nitrogen and oxygen atoms in total. The molecular formula is C23H34Cl2N2O4. The topological polar surface area (TPSA) is 93.8 Å². The van der Waals surface area contributed by atoms with Crippen molar-refractivity contribution >= 4 is 35.7 Å². The van der Waals surface area contributed by atoms with Crippen LogP contribution in [0.4, 0.5) is 5.69 Å². The van der Waals surface area contributed by atoms with Crippen molar-refractivity contribution in [3.05, 3.63) is 16.7 Å². The largest absolute Gasteiger partial charge is 0.485 e. The van der Waals surface area contributed by atoms with Gasteiger partial charge in [0.1, 0.15) is 6.61 Å². The van der Waals surface area contributed by atoms with Gasteiger partial charge in [-0.25, -0.2) is 4.79 Å². The van der Waals surface area contributed by atoms with Crippen molar-refractivity contribution in [1.29, 1.82) is 0 Å². The number of carboxylic acids is 1. The second-order valence-electron chi connectivity index (χ2n) is 9.17. The van der Waals surface area contributed by atoms with Crippen LogP contribution in [0.2, 0.25) is 5.02 Å². The number of halogens is 2. The average molecular weight is 473 g/mol. The molecule has 0 amide bonds. The van der Waals surface area contributed by atoms with Gasteiger partial charge in [0.25, 0.3) is 0 Å². The second kappa shape index (κ2) is 11.0. The molecule has 1 aliphatic carbocycles. The van der Waals surface area contributed by atoms with Crippen LogP contribution in [0.3, 0.4) is 0 Å². The molecule has 2 fully saturated rings. The van der Waals surface area contributed by atoms with Crippen molar-refractivity contribution in [2.24, 2.45) is 11.8 Å². The molecule has 3 atom stereocenters. The Kier molecular flexibility index (Phi) is 8.59. The molecule has 1 aromatic carbocycles. The van der Waals surface area contributed by atoms with Gasteiger partial charge < -0.3 is 25.6 Å². The van der Waals surface area contributed by atoms with Gasteiger partial charge in [0, 0.05) is 6.04 Å². The summed E-state index contributed by atoms with van der Waals surface area (Å²) in [6.45, 7) is 1.01. The number of anilines is 1. The molecule has 3 aliphatic rings. The highest BCUT2D eigenvalue weighted by molar-refractivity contribution is 6.33. The van der Waals surface area contributed by atoms with E-state index in [2.05, 4.69) is 5.32 Å². The maximum absolute atomic E-state index is 11.3. The predicted molar refractivity (Wildman–Crippen MR) is 125 cm³/mol. The van der Waals surface area contributed by atoms with E-state index in [1.165, 1.54) is 44.9 Å². The summed E-state index contributed by atoms with van der Waals surface area (Å²) in [6, 6.07) is 2.43. The van der Waals surface area contributed by atoms with E-state index in [1.807, 2.05) is 6.07 Å². The van der Waals surface area contributed by atoms with Crippen LogP contribution >= 0.6 is 24.0 Å². The van der Waals surface area contributed by atoms with Gasteiger partial charge in [0.2, 0.25) is 6.10 Å². The summed E-state index contributed by atoms with van der Waals surface area (Å²) in [5.41, 5.74) is 7.27. The Bertz CT molecular complexity index is 770. The highest BCUT2D eigenvalue weighted by atomic mass is 35.5. The van der Waals surface area contributed by atoms with Gasteiger partial charge in [-0.05, 0) is 62.1 Å². The number of carboxylic acid groups (broad SMARTS) is 1. The quantitative estimate of drug-likeness (QED) is 0.512. The standard InChI is InChI=1S/C23H33ClN2O4.ClH/c24-18-12-16(21-22(20(18)25)30-19(13-29-21)23(27)28)10-15-8-9-26-17(11-15)7-6-14-4-2-1-3-5-14;/h12,14-15,17,19,26H,1-11,13,25H2,(H,27,28);1H. The maximum atomic E-state index is 11.3. The lowest BCUT2D eigenvalue weighted by Gasteiger charge is -2.33. The number of hydrogen-bond donors (Lipinski definition) is 3. The number of fused-ring (bicyclic) bond motifs is 1. The van der Waals surface area contributed by atoms with Crippen molar-refractivity contribution < 1.29 is 19.4 Å². The zero-order chi connectivity index (χ0) is 21.1. The van der Waals surface area contributed by atoms with Gasteiger partial charge in [0.05, 0.1) is 10.7 Å². The van der Waals surface area contributed by atoms with Crippen molar-refractivity contribution in [1.82, 2.24) is 5.32 Å². The zero-order valence-corrected chi connectivity index (χ0v) is 19.5. The molecule has 4 N–H and O–H groups in total. The van der Waals surface area contributed by atoms with E-state index in [-0.39, 0.29) is 30.5 Å². The van der Waals surface area contributed by atoms with Crippen LogP contribution < -0.4 is 20.5 Å². The monoisotopic (exact) mass is 472 g/mol. The van der Waals surface area contributed by atoms with Crippen LogP contribution in [0, 0.1) is 11.8 Å². The minimum absolute atomic E-state index is 0. The van der Waals surface area contributed by atoms with E-state index in [9.17, 15) is 9.90 Å². The summed E-state index contributed by atoms with van der Waals surface area (Å²) in [4.78, 5) is 11.3. The van der Waals surface area contributed by atoms with E-state index in [0.29, 0.717) is 22.7 Å². The molecule has 3 unspecified atom stereocenters. The van der Waals surface area contributed by atoms with Gasteiger partial charge in [-0.1, -0.05) is 43.7 Å². The summed E-state index contributed by atoms with van der Waals surface area (Å²) in [5, 5.41) is 13.3. The first-order valence-electron chi connectivity index (χ1n) is 11.4. The van der Waals surface area contributed by atoms with E-state index in [1.54, 1.807) is 0 Å². The second-order valence-corrected chi connectivity index (χ2v) is 9.58. The normalized spacial score (nSPS) is 26.2. The lowest BCUT2D eigenvalue weighted by atomic mass is 9.81. The number of benzene rings is 1. The summed E-state index contributed by atoms with van der Waals surface area (Å²) >= 11 is 6.34. The fraction of sp³-hybridized carbons (Fsp3) is 0.696. The Hall–Kier alpha value is -1.37. The maximum Gasteiger partial charge on any atom is 0.348 e. The summed E-state index contributed by atoms with van der Waals surface area (Å²) in [6.07, 6.45) is 11.6. The third kappa shape index (κ3) is 5.91. The summed E-state index contributed by atoms with van der Waals surface area (Å²) in [7, 11) is 0. The molecule has 174 valence electrons. The third-order valence-corrected chi connectivity index (χ3v) is 7.29. The first kappa shape index (κ1) is 24.3. The van der Waals surface area contributed by atoms with Crippen LogP contribution in [-0.4, -0.2) is 36.4 Å². The molecule has 1 aromatic rings. The van der Waals surface area contributed by atoms with Crippen LogP contribution in [-0.2, 0) is 11.2 Å². The van der Waals surface area contributed by atoms with Gasteiger partial charge in [-0.15, -0.1) is 12.4 Å². The predicted octanol–water partition coefficient (Wildman–Crippen LogP) is 4.84. The summed E-state index contributed by atoms with van der Waals surface area (Å²) in [5.74, 6) is 1.22. The van der Waals surface area contributed by atoms with E-state index in [4.69, 9.17) is 26.8 Å². The van der Waals surface area contributed by atoms with Gasteiger partial charge in [-0.2, -0.15) is 0 Å². The molecule has 0 radical (unpaired) electrons. The Morgan fingerprint density at radius 3 is 2.68 bits per heavy atom. The lowest BCUT2D eigenvalue weighted by molar-refractivity contribution is -0.147. The minimum atomic E-state index is -1.07. The van der Waals surface area contributed by atoms with Gasteiger partial charge >= 0.3 is 5.97 Å². The Morgan fingerprint density at radius 2 is 1.94 bits per heavy atom. The van der Waals surface area contributed by atoms with Crippen molar-refractivity contribution in [2.45, 2.75) is 76.4 Å². The molecule has 8 heteroatoms. The lowest BCUT2D eigenvalue weighted by Crippen LogP contribution is -2.39. The fourth-order valence-electron chi connectivity index (χ4n) is 5.28. The first-order chi connectivity index (χ1) is 14.5.